The van der Waals surface area contributed by atoms with Gasteiger partial charge in [-0.05, 0) is 29.7 Å². The molecular weight excluding hydrogens is 466 g/mol. The number of carbonyl (C=O) groups excluding carboxylic acids is 1. The Morgan fingerprint density at radius 3 is 2.76 bits per heavy atom. The lowest BCUT2D eigenvalue weighted by Crippen LogP contribution is -2.19. The number of benzene rings is 1. The van der Waals surface area contributed by atoms with Gasteiger partial charge in [-0.25, -0.2) is 4.98 Å². The van der Waals surface area contributed by atoms with Crippen LogP contribution in [0.3, 0.4) is 0 Å². The van der Waals surface area contributed by atoms with Crippen molar-refractivity contribution in [2.24, 2.45) is 5.41 Å². The quantitative estimate of drug-likeness (QED) is 0.264. The largest absolute Gasteiger partial charge is 0.472 e. The zero-order valence-corrected chi connectivity index (χ0v) is 20.7. The van der Waals surface area contributed by atoms with Gasteiger partial charge in [-0.1, -0.05) is 32.9 Å². The number of hydrogen-bond acceptors (Lipinski definition) is 6. The van der Waals surface area contributed by atoms with E-state index in [0.717, 1.165) is 38.6 Å². The maximum absolute atomic E-state index is 12.4. The number of anilines is 1. The first-order chi connectivity index (χ1) is 17.8. The molecule has 0 fully saturated rings. The number of nitrogens with one attached hydrogen (secondary N) is 3. The summed E-state index contributed by atoms with van der Waals surface area (Å²) in [5.41, 5.74) is 7.19. The van der Waals surface area contributed by atoms with Crippen LogP contribution in [0.4, 0.5) is 5.69 Å². The Morgan fingerprint density at radius 1 is 1.05 bits per heavy atom. The number of para-hydroxylation sites is 1. The minimum atomic E-state index is -0.102. The molecule has 37 heavy (non-hydrogen) atoms. The Kier molecular flexibility index (Phi) is 5.33. The number of amides is 1. The monoisotopic (exact) mass is 491 g/mol. The highest BCUT2D eigenvalue weighted by Gasteiger charge is 2.18. The van der Waals surface area contributed by atoms with Gasteiger partial charge in [0, 0.05) is 34.7 Å². The lowest BCUT2D eigenvalue weighted by atomic mass is 9.92. The van der Waals surface area contributed by atoms with Gasteiger partial charge < -0.3 is 14.7 Å². The molecule has 0 aliphatic carbocycles. The van der Waals surface area contributed by atoms with Crippen LogP contribution < -0.4 is 5.32 Å². The van der Waals surface area contributed by atoms with Crippen molar-refractivity contribution in [2.45, 2.75) is 27.2 Å². The van der Waals surface area contributed by atoms with Gasteiger partial charge in [0.15, 0.2) is 5.82 Å². The topological polar surface area (TPSA) is 125 Å². The van der Waals surface area contributed by atoms with Crippen LogP contribution in [0.15, 0.2) is 71.9 Å². The molecule has 3 N–H and O–H groups in total. The zero-order valence-electron chi connectivity index (χ0n) is 20.7. The third-order valence-electron chi connectivity index (χ3n) is 6.03. The van der Waals surface area contributed by atoms with Gasteiger partial charge in [-0.3, -0.25) is 19.9 Å². The summed E-state index contributed by atoms with van der Waals surface area (Å²) in [5, 5.41) is 11.4. The third-order valence-corrected chi connectivity index (χ3v) is 6.03. The normalized spacial score (nSPS) is 11.9. The van der Waals surface area contributed by atoms with Crippen LogP contribution >= 0.6 is 0 Å². The molecule has 9 nitrogen and oxygen atoms in total. The van der Waals surface area contributed by atoms with Crippen LogP contribution in [0, 0.1) is 5.41 Å². The summed E-state index contributed by atoms with van der Waals surface area (Å²) in [6.45, 7) is 6.09. The first kappa shape index (κ1) is 22.7. The maximum Gasteiger partial charge on any atom is 0.224 e. The van der Waals surface area contributed by atoms with Crippen molar-refractivity contribution in [1.29, 1.82) is 0 Å². The van der Waals surface area contributed by atoms with E-state index in [1.165, 1.54) is 0 Å². The van der Waals surface area contributed by atoms with Gasteiger partial charge in [-0.15, -0.1) is 0 Å². The number of rotatable bonds is 5. The van der Waals surface area contributed by atoms with Crippen molar-refractivity contribution < 1.29 is 9.21 Å². The summed E-state index contributed by atoms with van der Waals surface area (Å²) < 4.78 is 5.27. The van der Waals surface area contributed by atoms with Crippen molar-refractivity contribution in [2.75, 3.05) is 5.32 Å². The average molecular weight is 492 g/mol. The van der Waals surface area contributed by atoms with Gasteiger partial charge >= 0.3 is 0 Å². The molecule has 6 rings (SSSR count). The Bertz CT molecular complexity index is 1740. The van der Waals surface area contributed by atoms with Gasteiger partial charge in [0.25, 0.3) is 0 Å². The smallest absolute Gasteiger partial charge is 0.224 e. The Balaban J connectivity index is 1.36. The number of H-pyrrole nitrogens is 2. The van der Waals surface area contributed by atoms with Crippen LogP contribution in [0.25, 0.3) is 55.8 Å². The standard InChI is InChI=1S/C28H25N7O2/c1-28(2,3)11-24(36)31-18-9-17(12-29-13-18)22-10-20-23(14-30-22)34-35-26(20)27-32-21-6-4-5-19(25(21)33-27)16-7-8-37-15-16/h4-10,12-15H,11H2,1-3H3,(H,31,36)(H,32,33)(H,34,35). The SMILES string of the molecule is CC(C)(C)CC(=O)Nc1cncc(-c2cc3c(-c4nc5c(-c6ccoc6)cccc5[nH]4)n[nH]c3cn2)c1. The molecule has 1 amide bonds. The van der Waals surface area contributed by atoms with Crippen molar-refractivity contribution in [3.05, 3.63) is 67.5 Å². The van der Waals surface area contributed by atoms with Gasteiger partial charge in [-0.2, -0.15) is 5.10 Å². The van der Waals surface area contributed by atoms with E-state index < -0.39 is 0 Å². The molecule has 0 atom stereocenters. The van der Waals surface area contributed by atoms with E-state index >= 15 is 0 Å². The highest BCUT2D eigenvalue weighted by Crippen LogP contribution is 2.33. The second kappa shape index (κ2) is 8.70. The van der Waals surface area contributed by atoms with E-state index in [1.54, 1.807) is 31.1 Å². The second-order valence-electron chi connectivity index (χ2n) is 10.2. The van der Waals surface area contributed by atoms with Crippen LogP contribution in [-0.2, 0) is 4.79 Å². The summed E-state index contributed by atoms with van der Waals surface area (Å²) >= 11 is 0. The van der Waals surface area contributed by atoms with Crippen molar-refractivity contribution in [1.82, 2.24) is 30.1 Å². The third kappa shape index (κ3) is 4.47. The molecule has 0 unspecified atom stereocenters. The number of imidazole rings is 1. The van der Waals surface area contributed by atoms with Gasteiger partial charge in [0.05, 0.1) is 52.9 Å². The molecule has 0 bridgehead atoms. The minimum absolute atomic E-state index is 0.0494. The van der Waals surface area contributed by atoms with E-state index in [2.05, 4.69) is 30.5 Å². The average Bonchev–Trinajstić information content (AvgIpc) is 3.61. The number of fused-ring (bicyclic) bond motifs is 2. The van der Waals surface area contributed by atoms with Crippen molar-refractivity contribution in [3.63, 3.8) is 0 Å². The minimum Gasteiger partial charge on any atom is -0.472 e. The highest BCUT2D eigenvalue weighted by atomic mass is 16.3. The fourth-order valence-corrected chi connectivity index (χ4v) is 4.39. The Morgan fingerprint density at radius 2 is 1.95 bits per heavy atom. The number of aromatic amines is 2. The summed E-state index contributed by atoms with van der Waals surface area (Å²) in [4.78, 5) is 29.6. The summed E-state index contributed by atoms with van der Waals surface area (Å²) in [6, 6.07) is 11.7. The molecule has 9 heteroatoms. The number of carbonyl (C=O) groups is 1. The molecular formula is C28H25N7O2. The van der Waals surface area contributed by atoms with E-state index in [1.807, 2.05) is 57.2 Å². The molecule has 5 heterocycles. The summed E-state index contributed by atoms with van der Waals surface area (Å²) in [5.74, 6) is 0.599. The molecule has 5 aromatic heterocycles. The van der Waals surface area contributed by atoms with Crippen LogP contribution in [-0.4, -0.2) is 36.0 Å². The summed E-state index contributed by atoms with van der Waals surface area (Å²) in [6.07, 6.45) is 8.88. The first-order valence-electron chi connectivity index (χ1n) is 12.0. The molecule has 0 saturated heterocycles. The fourth-order valence-electron chi connectivity index (χ4n) is 4.39. The molecule has 0 aliphatic rings. The van der Waals surface area contributed by atoms with Gasteiger partial charge in [0.2, 0.25) is 5.91 Å². The van der Waals surface area contributed by atoms with E-state index in [0.29, 0.717) is 29.3 Å². The maximum atomic E-state index is 12.4. The first-order valence-corrected chi connectivity index (χ1v) is 12.0. The zero-order chi connectivity index (χ0) is 25.6. The number of furan rings is 1. The van der Waals surface area contributed by atoms with E-state index in [-0.39, 0.29) is 11.3 Å². The molecule has 1 aromatic carbocycles. The predicted molar refractivity (Wildman–Crippen MR) is 143 cm³/mol. The highest BCUT2D eigenvalue weighted by molar-refractivity contribution is 5.98. The Labute approximate surface area is 212 Å². The number of nitrogens with zero attached hydrogens (tertiary/aromatic N) is 4. The molecule has 0 aliphatic heterocycles. The van der Waals surface area contributed by atoms with Crippen molar-refractivity contribution in [3.8, 4) is 33.9 Å². The van der Waals surface area contributed by atoms with Crippen molar-refractivity contribution >= 4 is 33.5 Å². The molecule has 0 saturated carbocycles. The summed E-state index contributed by atoms with van der Waals surface area (Å²) in [7, 11) is 0. The number of pyridine rings is 2. The molecule has 0 spiro atoms. The van der Waals surface area contributed by atoms with Crippen LogP contribution in [0.1, 0.15) is 27.2 Å². The lowest BCUT2D eigenvalue weighted by Gasteiger charge is -2.17. The van der Waals surface area contributed by atoms with Crippen LogP contribution in [0.5, 0.6) is 0 Å². The van der Waals surface area contributed by atoms with E-state index in [9.17, 15) is 4.79 Å². The number of hydrogen-bond donors (Lipinski definition) is 3. The Hall–Kier alpha value is -4.79. The predicted octanol–water partition coefficient (Wildman–Crippen LogP) is 6.20. The van der Waals surface area contributed by atoms with Crippen LogP contribution in [0.2, 0.25) is 0 Å². The molecule has 6 aromatic rings. The fraction of sp³-hybridized carbons (Fsp3) is 0.179. The molecule has 184 valence electrons. The molecule has 0 radical (unpaired) electrons. The van der Waals surface area contributed by atoms with E-state index in [4.69, 9.17) is 9.40 Å². The lowest BCUT2D eigenvalue weighted by molar-refractivity contribution is -0.117. The van der Waals surface area contributed by atoms with Gasteiger partial charge in [0.1, 0.15) is 5.69 Å². The second-order valence-corrected chi connectivity index (χ2v) is 10.2. The number of aromatic nitrogens is 6.